The highest BCUT2D eigenvalue weighted by atomic mass is 16.3. The Kier molecular flexibility index (Phi) is 6.19. The Balaban J connectivity index is 1.53. The Morgan fingerprint density at radius 3 is 2.71 bits per heavy atom. The van der Waals surface area contributed by atoms with Gasteiger partial charge in [-0.2, -0.15) is 5.10 Å². The van der Waals surface area contributed by atoms with Crippen molar-refractivity contribution < 1.29 is 5.11 Å². The third-order valence-electron chi connectivity index (χ3n) is 5.72. The zero-order valence-corrected chi connectivity index (χ0v) is 16.3. The van der Waals surface area contributed by atoms with Crippen LogP contribution in [0.2, 0.25) is 0 Å². The van der Waals surface area contributed by atoms with Gasteiger partial charge < -0.3 is 9.67 Å². The van der Waals surface area contributed by atoms with Gasteiger partial charge in [0.05, 0.1) is 18.6 Å². The molecule has 1 aromatic carbocycles. The standard InChI is InChI=1S/C22H29N5O/c28-17-20-9-4-5-12-25(20)15-16-26-18-23-22(19-7-2-1-3-8-19)21(26)10-14-27-13-6-11-24-27/h1-3,6-8,11,13,18,20,28H,4-5,9-10,12,14-17H2/t20-/m0/s1. The number of piperidine rings is 1. The molecule has 1 atom stereocenters. The molecule has 2 aromatic heterocycles. The van der Waals surface area contributed by atoms with E-state index in [2.05, 4.69) is 38.8 Å². The molecular weight excluding hydrogens is 350 g/mol. The van der Waals surface area contributed by atoms with E-state index in [1.807, 2.05) is 35.5 Å². The fourth-order valence-corrected chi connectivity index (χ4v) is 4.15. The molecule has 6 heteroatoms. The quantitative estimate of drug-likeness (QED) is 0.654. The molecule has 6 nitrogen and oxygen atoms in total. The lowest BCUT2D eigenvalue weighted by Crippen LogP contribution is -2.43. The minimum Gasteiger partial charge on any atom is -0.395 e. The Hall–Kier alpha value is -2.44. The lowest BCUT2D eigenvalue weighted by molar-refractivity contribution is 0.0869. The SMILES string of the molecule is OC[C@@H]1CCCCN1CCn1cnc(-c2ccccc2)c1CCn1cccn1. The molecule has 0 saturated carbocycles. The molecule has 1 aliphatic rings. The lowest BCUT2D eigenvalue weighted by atomic mass is 10.0. The van der Waals surface area contributed by atoms with Crippen LogP contribution in [0.5, 0.6) is 0 Å². The maximum absolute atomic E-state index is 9.69. The van der Waals surface area contributed by atoms with Crippen molar-refractivity contribution in [3.63, 3.8) is 0 Å². The largest absolute Gasteiger partial charge is 0.395 e. The van der Waals surface area contributed by atoms with Gasteiger partial charge in [-0.1, -0.05) is 36.8 Å². The maximum Gasteiger partial charge on any atom is 0.0956 e. The average molecular weight is 380 g/mol. The Labute approximate surface area is 166 Å². The molecule has 148 valence electrons. The topological polar surface area (TPSA) is 59.1 Å². The number of imidazole rings is 1. The van der Waals surface area contributed by atoms with E-state index >= 15 is 0 Å². The van der Waals surface area contributed by atoms with Gasteiger partial charge in [-0.3, -0.25) is 9.58 Å². The number of benzene rings is 1. The fourth-order valence-electron chi connectivity index (χ4n) is 4.15. The molecular formula is C22H29N5O. The second-order valence-electron chi connectivity index (χ2n) is 7.49. The summed E-state index contributed by atoms with van der Waals surface area (Å²) in [6.45, 7) is 4.01. The Morgan fingerprint density at radius 1 is 1.04 bits per heavy atom. The van der Waals surface area contributed by atoms with Gasteiger partial charge in [0.25, 0.3) is 0 Å². The van der Waals surface area contributed by atoms with Crippen LogP contribution < -0.4 is 0 Å². The highest BCUT2D eigenvalue weighted by Gasteiger charge is 2.22. The first-order chi connectivity index (χ1) is 13.8. The van der Waals surface area contributed by atoms with Crippen molar-refractivity contribution in [2.45, 2.75) is 44.8 Å². The van der Waals surface area contributed by atoms with Gasteiger partial charge >= 0.3 is 0 Å². The molecule has 3 aromatic rings. The molecule has 0 unspecified atom stereocenters. The van der Waals surface area contributed by atoms with Crippen LogP contribution in [0.4, 0.5) is 0 Å². The highest BCUT2D eigenvalue weighted by Crippen LogP contribution is 2.23. The van der Waals surface area contributed by atoms with Gasteiger partial charge in [-0.25, -0.2) is 4.98 Å². The molecule has 0 bridgehead atoms. The lowest BCUT2D eigenvalue weighted by Gasteiger charge is -2.34. The zero-order valence-electron chi connectivity index (χ0n) is 16.3. The number of aliphatic hydroxyl groups excluding tert-OH is 1. The highest BCUT2D eigenvalue weighted by molar-refractivity contribution is 5.61. The molecule has 1 saturated heterocycles. The number of rotatable bonds is 8. The van der Waals surface area contributed by atoms with Crippen molar-refractivity contribution >= 4 is 0 Å². The molecule has 3 heterocycles. The normalized spacial score (nSPS) is 17.8. The first-order valence-electron chi connectivity index (χ1n) is 10.3. The number of likely N-dealkylation sites (tertiary alicyclic amines) is 1. The molecule has 0 aliphatic carbocycles. The number of aryl methyl sites for hydroxylation is 1. The summed E-state index contributed by atoms with van der Waals surface area (Å²) in [7, 11) is 0. The summed E-state index contributed by atoms with van der Waals surface area (Å²) in [6, 6.07) is 12.7. The zero-order chi connectivity index (χ0) is 19.2. The summed E-state index contributed by atoms with van der Waals surface area (Å²) < 4.78 is 4.26. The minimum atomic E-state index is 0.255. The third kappa shape index (κ3) is 4.34. The van der Waals surface area contributed by atoms with Crippen molar-refractivity contribution in [3.8, 4) is 11.3 Å². The number of aliphatic hydroxyl groups is 1. The van der Waals surface area contributed by atoms with Crippen molar-refractivity contribution in [2.75, 3.05) is 19.7 Å². The predicted octanol–water partition coefficient (Wildman–Crippen LogP) is 2.84. The van der Waals surface area contributed by atoms with Crippen molar-refractivity contribution in [2.24, 2.45) is 0 Å². The third-order valence-corrected chi connectivity index (χ3v) is 5.72. The number of nitrogens with zero attached hydrogens (tertiary/aromatic N) is 5. The van der Waals surface area contributed by atoms with E-state index in [9.17, 15) is 5.11 Å². The first kappa shape index (κ1) is 18.9. The summed E-state index contributed by atoms with van der Waals surface area (Å²) in [6.07, 6.45) is 10.2. The molecule has 1 N–H and O–H groups in total. The van der Waals surface area contributed by atoms with Crippen LogP contribution >= 0.6 is 0 Å². The average Bonchev–Trinajstić information content (AvgIpc) is 3.41. The second kappa shape index (κ2) is 9.17. The number of hydrogen-bond donors (Lipinski definition) is 1. The van der Waals surface area contributed by atoms with Crippen LogP contribution in [0, 0.1) is 0 Å². The summed E-state index contributed by atoms with van der Waals surface area (Å²) in [4.78, 5) is 7.19. The Bertz CT molecular complexity index is 843. The van der Waals surface area contributed by atoms with E-state index in [0.717, 1.165) is 50.3 Å². The van der Waals surface area contributed by atoms with Crippen LogP contribution in [0.15, 0.2) is 55.1 Å². The van der Waals surface area contributed by atoms with Crippen molar-refractivity contribution in [1.82, 2.24) is 24.2 Å². The van der Waals surface area contributed by atoms with E-state index in [-0.39, 0.29) is 6.61 Å². The number of aromatic nitrogens is 4. The van der Waals surface area contributed by atoms with Crippen molar-refractivity contribution in [1.29, 1.82) is 0 Å². The molecule has 0 spiro atoms. The van der Waals surface area contributed by atoms with E-state index < -0.39 is 0 Å². The maximum atomic E-state index is 9.69. The second-order valence-corrected chi connectivity index (χ2v) is 7.49. The molecule has 1 aliphatic heterocycles. The van der Waals surface area contributed by atoms with E-state index in [4.69, 9.17) is 4.98 Å². The van der Waals surface area contributed by atoms with Gasteiger partial charge in [-0.15, -0.1) is 0 Å². The van der Waals surface area contributed by atoms with Crippen molar-refractivity contribution in [3.05, 3.63) is 60.8 Å². The van der Waals surface area contributed by atoms with Gasteiger partial charge in [0.15, 0.2) is 0 Å². The monoisotopic (exact) mass is 379 g/mol. The summed E-state index contributed by atoms with van der Waals surface area (Å²) in [5.41, 5.74) is 3.47. The van der Waals surface area contributed by atoms with Crippen LogP contribution in [0.1, 0.15) is 25.0 Å². The predicted molar refractivity (Wildman–Crippen MR) is 110 cm³/mol. The molecule has 4 rings (SSSR count). The Morgan fingerprint density at radius 2 is 1.93 bits per heavy atom. The molecule has 1 fully saturated rings. The first-order valence-corrected chi connectivity index (χ1v) is 10.3. The minimum absolute atomic E-state index is 0.255. The van der Waals surface area contributed by atoms with E-state index in [0.29, 0.717) is 6.04 Å². The van der Waals surface area contributed by atoms with E-state index in [1.54, 1.807) is 0 Å². The van der Waals surface area contributed by atoms with Gasteiger partial charge in [0, 0.05) is 55.7 Å². The molecule has 0 radical (unpaired) electrons. The summed E-state index contributed by atoms with van der Waals surface area (Å²) in [5, 5.41) is 14.0. The summed E-state index contributed by atoms with van der Waals surface area (Å²) >= 11 is 0. The van der Waals surface area contributed by atoms with Crippen LogP contribution in [-0.2, 0) is 19.5 Å². The van der Waals surface area contributed by atoms with Crippen LogP contribution in [0.3, 0.4) is 0 Å². The fraction of sp³-hybridized carbons (Fsp3) is 0.455. The number of hydrogen-bond acceptors (Lipinski definition) is 4. The molecule has 0 amide bonds. The summed E-state index contributed by atoms with van der Waals surface area (Å²) in [5.74, 6) is 0. The van der Waals surface area contributed by atoms with Crippen LogP contribution in [-0.4, -0.2) is 55.1 Å². The molecule has 28 heavy (non-hydrogen) atoms. The van der Waals surface area contributed by atoms with Gasteiger partial charge in [0.1, 0.15) is 0 Å². The van der Waals surface area contributed by atoms with E-state index in [1.165, 1.54) is 18.5 Å². The van der Waals surface area contributed by atoms with Gasteiger partial charge in [0.2, 0.25) is 0 Å². The van der Waals surface area contributed by atoms with Gasteiger partial charge in [-0.05, 0) is 25.5 Å². The van der Waals surface area contributed by atoms with Crippen LogP contribution in [0.25, 0.3) is 11.3 Å². The smallest absolute Gasteiger partial charge is 0.0956 e.